The first kappa shape index (κ1) is 11.6. The third kappa shape index (κ3) is 2.29. The lowest BCUT2D eigenvalue weighted by Crippen LogP contribution is -2.14. The Kier molecular flexibility index (Phi) is 3.10. The molecule has 0 aliphatic heterocycles. The maximum atomic E-state index is 11.9. The van der Waals surface area contributed by atoms with Crippen molar-refractivity contribution >= 4 is 23.2 Å². The summed E-state index contributed by atoms with van der Waals surface area (Å²) >= 11 is 5.93. The molecule has 0 fully saturated rings. The van der Waals surface area contributed by atoms with Gasteiger partial charge in [-0.05, 0) is 25.5 Å². The largest absolute Gasteiger partial charge is 0.319 e. The van der Waals surface area contributed by atoms with E-state index in [0.717, 1.165) is 5.56 Å². The molecule has 2 aromatic heterocycles. The fourth-order valence-corrected chi connectivity index (χ4v) is 1.69. The van der Waals surface area contributed by atoms with Gasteiger partial charge in [0.1, 0.15) is 0 Å². The van der Waals surface area contributed by atoms with Crippen LogP contribution in [0.15, 0.2) is 18.5 Å². The van der Waals surface area contributed by atoms with Crippen molar-refractivity contribution in [1.29, 1.82) is 0 Å². The molecular formula is C11H11ClN4O. The normalized spacial score (nSPS) is 10.3. The Morgan fingerprint density at radius 1 is 1.47 bits per heavy atom. The maximum Gasteiger partial charge on any atom is 0.259 e. The molecule has 0 aliphatic carbocycles. The molecule has 2 aromatic rings. The minimum absolute atomic E-state index is 0.255. The molecule has 0 radical (unpaired) electrons. The predicted octanol–water partition coefficient (Wildman–Crippen LogP) is 2.33. The summed E-state index contributed by atoms with van der Waals surface area (Å²) in [5.74, 6) is -0.255. The summed E-state index contributed by atoms with van der Waals surface area (Å²) in [5.41, 5.74) is 2.59. The van der Waals surface area contributed by atoms with E-state index in [-0.39, 0.29) is 11.1 Å². The molecule has 0 bridgehead atoms. The number of amides is 1. The monoisotopic (exact) mass is 250 g/mol. The number of aromatic nitrogens is 3. The van der Waals surface area contributed by atoms with Gasteiger partial charge in [0.15, 0.2) is 5.15 Å². The first-order valence-corrected chi connectivity index (χ1v) is 5.40. The molecule has 5 nitrogen and oxygen atoms in total. The Morgan fingerprint density at radius 3 is 2.82 bits per heavy atom. The number of anilines is 1. The van der Waals surface area contributed by atoms with E-state index >= 15 is 0 Å². The lowest BCUT2D eigenvalue weighted by atomic mass is 10.2. The van der Waals surface area contributed by atoms with Crippen molar-refractivity contribution in [1.82, 2.24) is 15.2 Å². The van der Waals surface area contributed by atoms with Gasteiger partial charge in [-0.15, -0.1) is 0 Å². The highest BCUT2D eigenvalue weighted by atomic mass is 35.5. The molecule has 0 saturated heterocycles. The Bertz CT molecular complexity index is 544. The van der Waals surface area contributed by atoms with Crippen LogP contribution in [-0.2, 0) is 0 Å². The zero-order valence-corrected chi connectivity index (χ0v) is 10.2. The summed E-state index contributed by atoms with van der Waals surface area (Å²) in [4.78, 5) is 15.9. The SMILES string of the molecule is Cc1ccnc(Cl)c1NC(=O)c1cn[nH]c1C. The smallest absolute Gasteiger partial charge is 0.259 e. The van der Waals surface area contributed by atoms with E-state index < -0.39 is 0 Å². The summed E-state index contributed by atoms with van der Waals surface area (Å²) in [6.07, 6.45) is 3.07. The van der Waals surface area contributed by atoms with Crippen LogP contribution in [0.2, 0.25) is 5.15 Å². The summed E-state index contributed by atoms with van der Waals surface area (Å²) < 4.78 is 0. The summed E-state index contributed by atoms with van der Waals surface area (Å²) in [6.45, 7) is 3.63. The Labute approximate surface area is 103 Å². The maximum absolute atomic E-state index is 11.9. The van der Waals surface area contributed by atoms with Crippen LogP contribution < -0.4 is 5.32 Å². The average molecular weight is 251 g/mol. The lowest BCUT2D eigenvalue weighted by molar-refractivity contribution is 0.102. The van der Waals surface area contributed by atoms with Crippen LogP contribution in [0, 0.1) is 13.8 Å². The Balaban J connectivity index is 2.28. The second-order valence-corrected chi connectivity index (χ2v) is 4.01. The lowest BCUT2D eigenvalue weighted by Gasteiger charge is -2.08. The highest BCUT2D eigenvalue weighted by Crippen LogP contribution is 2.23. The van der Waals surface area contributed by atoms with Gasteiger partial charge in [-0.2, -0.15) is 5.10 Å². The zero-order chi connectivity index (χ0) is 12.4. The minimum Gasteiger partial charge on any atom is -0.319 e. The van der Waals surface area contributed by atoms with Crippen molar-refractivity contribution in [3.05, 3.63) is 40.4 Å². The van der Waals surface area contributed by atoms with Crippen LogP contribution in [0.3, 0.4) is 0 Å². The molecule has 88 valence electrons. The Morgan fingerprint density at radius 2 is 2.24 bits per heavy atom. The number of rotatable bonds is 2. The van der Waals surface area contributed by atoms with Crippen molar-refractivity contribution in [3.63, 3.8) is 0 Å². The van der Waals surface area contributed by atoms with E-state index in [9.17, 15) is 4.79 Å². The van der Waals surface area contributed by atoms with Crippen molar-refractivity contribution < 1.29 is 4.79 Å². The molecular weight excluding hydrogens is 240 g/mol. The third-order valence-corrected chi connectivity index (χ3v) is 2.71. The first-order valence-electron chi connectivity index (χ1n) is 5.02. The van der Waals surface area contributed by atoms with E-state index in [1.165, 1.54) is 6.20 Å². The van der Waals surface area contributed by atoms with Gasteiger partial charge in [0.2, 0.25) is 0 Å². The van der Waals surface area contributed by atoms with E-state index in [4.69, 9.17) is 11.6 Å². The van der Waals surface area contributed by atoms with E-state index in [1.807, 2.05) is 6.92 Å². The molecule has 0 aromatic carbocycles. The van der Waals surface area contributed by atoms with Crippen LogP contribution in [-0.4, -0.2) is 21.1 Å². The van der Waals surface area contributed by atoms with Crippen molar-refractivity contribution in [2.75, 3.05) is 5.32 Å². The zero-order valence-electron chi connectivity index (χ0n) is 9.41. The number of nitrogens with zero attached hydrogens (tertiary/aromatic N) is 2. The molecule has 0 spiro atoms. The van der Waals surface area contributed by atoms with Crippen LogP contribution in [0.5, 0.6) is 0 Å². The molecule has 17 heavy (non-hydrogen) atoms. The molecule has 1 amide bonds. The van der Waals surface area contributed by atoms with Gasteiger partial charge in [0, 0.05) is 11.9 Å². The standard InChI is InChI=1S/C11H11ClN4O/c1-6-3-4-13-10(12)9(6)15-11(17)8-5-14-16-7(8)2/h3-5H,1-2H3,(H,14,16)(H,15,17). The van der Waals surface area contributed by atoms with Crippen LogP contribution in [0.25, 0.3) is 0 Å². The highest BCUT2D eigenvalue weighted by Gasteiger charge is 2.14. The number of carbonyl (C=O) groups is 1. The third-order valence-electron chi connectivity index (χ3n) is 2.43. The molecule has 2 N–H and O–H groups in total. The summed E-state index contributed by atoms with van der Waals surface area (Å²) in [5, 5.41) is 9.51. The number of halogens is 1. The number of aryl methyl sites for hydroxylation is 2. The second-order valence-electron chi connectivity index (χ2n) is 3.66. The van der Waals surface area contributed by atoms with Crippen LogP contribution >= 0.6 is 11.6 Å². The van der Waals surface area contributed by atoms with Gasteiger partial charge in [0.25, 0.3) is 5.91 Å². The number of H-pyrrole nitrogens is 1. The number of hydrogen-bond donors (Lipinski definition) is 2. The number of aromatic amines is 1. The molecule has 0 unspecified atom stereocenters. The molecule has 0 atom stereocenters. The van der Waals surface area contributed by atoms with Gasteiger partial charge in [-0.3, -0.25) is 9.89 Å². The number of hydrogen-bond acceptors (Lipinski definition) is 3. The van der Waals surface area contributed by atoms with Crippen molar-refractivity contribution in [2.45, 2.75) is 13.8 Å². The quantitative estimate of drug-likeness (QED) is 0.804. The molecule has 2 heterocycles. The number of pyridine rings is 1. The van der Waals surface area contributed by atoms with Crippen LogP contribution in [0.4, 0.5) is 5.69 Å². The van der Waals surface area contributed by atoms with Crippen LogP contribution in [0.1, 0.15) is 21.6 Å². The summed E-state index contributed by atoms with van der Waals surface area (Å²) in [6, 6.07) is 1.78. The number of carbonyl (C=O) groups excluding carboxylic acids is 1. The average Bonchev–Trinajstić information content (AvgIpc) is 2.70. The highest BCUT2D eigenvalue weighted by molar-refractivity contribution is 6.32. The number of nitrogens with one attached hydrogen (secondary N) is 2. The van der Waals surface area contributed by atoms with Gasteiger partial charge in [0.05, 0.1) is 17.4 Å². The Hall–Kier alpha value is -1.88. The van der Waals surface area contributed by atoms with Gasteiger partial charge >= 0.3 is 0 Å². The molecule has 6 heteroatoms. The van der Waals surface area contributed by atoms with E-state index in [1.54, 1.807) is 19.2 Å². The molecule has 0 saturated carbocycles. The molecule has 2 rings (SSSR count). The summed E-state index contributed by atoms with van der Waals surface area (Å²) in [7, 11) is 0. The van der Waals surface area contributed by atoms with Crippen molar-refractivity contribution in [3.8, 4) is 0 Å². The molecule has 0 aliphatic rings. The fourth-order valence-electron chi connectivity index (χ4n) is 1.44. The second kappa shape index (κ2) is 4.55. The first-order chi connectivity index (χ1) is 8.09. The van der Waals surface area contributed by atoms with E-state index in [0.29, 0.717) is 16.9 Å². The fraction of sp³-hybridized carbons (Fsp3) is 0.182. The van der Waals surface area contributed by atoms with Gasteiger partial charge in [-0.25, -0.2) is 4.98 Å². The van der Waals surface area contributed by atoms with Crippen molar-refractivity contribution in [2.24, 2.45) is 0 Å². The van der Waals surface area contributed by atoms with E-state index in [2.05, 4.69) is 20.5 Å². The predicted molar refractivity (Wildman–Crippen MR) is 65.3 cm³/mol. The minimum atomic E-state index is -0.255. The van der Waals surface area contributed by atoms with Gasteiger partial charge in [-0.1, -0.05) is 11.6 Å². The van der Waals surface area contributed by atoms with Gasteiger partial charge < -0.3 is 5.32 Å². The topological polar surface area (TPSA) is 70.7 Å².